The van der Waals surface area contributed by atoms with Crippen LogP contribution >= 0.6 is 12.4 Å². The van der Waals surface area contributed by atoms with Crippen molar-refractivity contribution in [2.24, 2.45) is 0 Å². The molecule has 1 atom stereocenters. The first-order valence-electron chi connectivity index (χ1n) is 7.88. The Morgan fingerprint density at radius 1 is 1.14 bits per heavy atom. The van der Waals surface area contributed by atoms with Gasteiger partial charge in [-0.2, -0.15) is 0 Å². The molecule has 116 valence electrons. The van der Waals surface area contributed by atoms with Gasteiger partial charge in [-0.15, -0.1) is 12.4 Å². The number of piperidine rings is 1. The molecule has 3 nitrogen and oxygen atoms in total. The van der Waals surface area contributed by atoms with E-state index in [1.165, 1.54) is 5.56 Å². The zero-order valence-electron chi connectivity index (χ0n) is 12.4. The van der Waals surface area contributed by atoms with E-state index >= 15 is 0 Å². The molecule has 0 aromatic heterocycles. The smallest absolute Gasteiger partial charge is 0.230 e. The molecule has 4 heteroatoms. The van der Waals surface area contributed by atoms with E-state index in [2.05, 4.69) is 22.8 Å². The molecule has 0 bridgehead atoms. The van der Waals surface area contributed by atoms with Crippen molar-refractivity contribution in [3.63, 3.8) is 0 Å². The maximum absolute atomic E-state index is 12.9. The van der Waals surface area contributed by atoms with Gasteiger partial charge in [0, 0.05) is 12.6 Å². The lowest BCUT2D eigenvalue weighted by Crippen LogP contribution is -2.51. The Hall–Kier alpha value is -1.06. The molecule has 0 spiro atoms. The number of nitrogens with one attached hydrogen (secondary N) is 2. The number of carbonyl (C=O) groups excluding carboxylic acids is 1. The van der Waals surface area contributed by atoms with E-state index < -0.39 is 0 Å². The van der Waals surface area contributed by atoms with Gasteiger partial charge in [0.25, 0.3) is 0 Å². The van der Waals surface area contributed by atoms with Gasteiger partial charge < -0.3 is 10.6 Å². The van der Waals surface area contributed by atoms with Crippen molar-refractivity contribution in [3.05, 3.63) is 35.9 Å². The minimum atomic E-state index is -0.279. The van der Waals surface area contributed by atoms with Gasteiger partial charge in [0.2, 0.25) is 5.91 Å². The van der Waals surface area contributed by atoms with Gasteiger partial charge in [-0.05, 0) is 37.8 Å². The molecule has 1 amide bonds. The quantitative estimate of drug-likeness (QED) is 0.901. The third-order valence-corrected chi connectivity index (χ3v) is 4.85. The lowest BCUT2D eigenvalue weighted by atomic mass is 9.77. The van der Waals surface area contributed by atoms with Crippen LogP contribution in [-0.2, 0) is 10.2 Å². The Balaban J connectivity index is 0.00000161. The molecule has 0 radical (unpaired) electrons. The first-order valence-corrected chi connectivity index (χ1v) is 7.88. The van der Waals surface area contributed by atoms with Gasteiger partial charge in [0.15, 0.2) is 0 Å². The summed E-state index contributed by atoms with van der Waals surface area (Å²) < 4.78 is 0. The van der Waals surface area contributed by atoms with Crippen LogP contribution in [0.2, 0.25) is 0 Å². The van der Waals surface area contributed by atoms with Crippen molar-refractivity contribution in [1.29, 1.82) is 0 Å². The molecule has 0 unspecified atom stereocenters. The highest BCUT2D eigenvalue weighted by molar-refractivity contribution is 5.88. The Morgan fingerprint density at radius 2 is 1.86 bits per heavy atom. The van der Waals surface area contributed by atoms with E-state index in [-0.39, 0.29) is 23.7 Å². The summed E-state index contributed by atoms with van der Waals surface area (Å²) in [5.41, 5.74) is 0.914. The predicted octanol–water partition coefficient (Wildman–Crippen LogP) is 2.79. The minimum Gasteiger partial charge on any atom is -0.351 e. The summed E-state index contributed by atoms with van der Waals surface area (Å²) in [5, 5.41) is 6.67. The maximum Gasteiger partial charge on any atom is 0.230 e. The van der Waals surface area contributed by atoms with E-state index in [1.807, 2.05) is 18.2 Å². The van der Waals surface area contributed by atoms with Crippen molar-refractivity contribution in [1.82, 2.24) is 10.6 Å². The Bertz CT molecular complexity index is 451. The van der Waals surface area contributed by atoms with Crippen molar-refractivity contribution in [3.8, 4) is 0 Å². The molecule has 1 heterocycles. The number of rotatable bonds is 3. The van der Waals surface area contributed by atoms with Gasteiger partial charge >= 0.3 is 0 Å². The van der Waals surface area contributed by atoms with Crippen molar-refractivity contribution < 1.29 is 4.79 Å². The molecule has 3 rings (SSSR count). The first kappa shape index (κ1) is 16.3. The molecular formula is C17H25ClN2O. The topological polar surface area (TPSA) is 41.1 Å². The van der Waals surface area contributed by atoms with Gasteiger partial charge in [-0.1, -0.05) is 43.2 Å². The molecule has 1 aliphatic carbocycles. The summed E-state index contributed by atoms with van der Waals surface area (Å²) >= 11 is 0. The Kier molecular flexibility index (Phi) is 5.65. The van der Waals surface area contributed by atoms with Gasteiger partial charge in [-0.25, -0.2) is 0 Å². The molecule has 1 aromatic carbocycles. The third-order valence-electron chi connectivity index (χ3n) is 4.85. The molecule has 2 N–H and O–H groups in total. The summed E-state index contributed by atoms with van der Waals surface area (Å²) in [7, 11) is 0. The molecule has 1 aliphatic heterocycles. The highest BCUT2D eigenvalue weighted by Gasteiger charge is 2.43. The average molecular weight is 309 g/mol. The van der Waals surface area contributed by atoms with Gasteiger partial charge in [-0.3, -0.25) is 4.79 Å². The first-order chi connectivity index (χ1) is 9.81. The average Bonchev–Trinajstić information content (AvgIpc) is 3.00. The number of carbonyl (C=O) groups is 1. The number of hydrogen-bond acceptors (Lipinski definition) is 2. The summed E-state index contributed by atoms with van der Waals surface area (Å²) in [6, 6.07) is 10.6. The largest absolute Gasteiger partial charge is 0.351 e. The SMILES string of the molecule is Cl.O=C(N[C@H]1CCCNC1)C1(c2ccccc2)CCCC1. The number of halogens is 1. The summed E-state index contributed by atoms with van der Waals surface area (Å²) in [5.74, 6) is 0.245. The second kappa shape index (κ2) is 7.28. The Morgan fingerprint density at radius 3 is 2.48 bits per heavy atom. The number of hydrogen-bond donors (Lipinski definition) is 2. The van der Waals surface area contributed by atoms with Crippen LogP contribution in [0, 0.1) is 0 Å². The van der Waals surface area contributed by atoms with Crippen LogP contribution in [0.3, 0.4) is 0 Å². The fraction of sp³-hybridized carbons (Fsp3) is 0.588. The lowest BCUT2D eigenvalue weighted by Gasteiger charge is -2.32. The number of benzene rings is 1. The standard InChI is InChI=1S/C17H24N2O.ClH/c20-16(19-15-9-6-12-18-13-15)17(10-4-5-11-17)14-7-2-1-3-8-14;/h1-3,7-8,15,18H,4-6,9-13H2,(H,19,20);1H/t15-;/m0./s1. The summed E-state index contributed by atoms with van der Waals surface area (Å²) in [6.45, 7) is 1.99. The Labute approximate surface area is 133 Å². The molecular weight excluding hydrogens is 284 g/mol. The van der Waals surface area contributed by atoms with Crippen LogP contribution in [-0.4, -0.2) is 25.0 Å². The maximum atomic E-state index is 12.9. The molecule has 1 saturated heterocycles. The monoisotopic (exact) mass is 308 g/mol. The molecule has 2 fully saturated rings. The van der Waals surface area contributed by atoms with E-state index in [1.54, 1.807) is 0 Å². The minimum absolute atomic E-state index is 0. The van der Waals surface area contributed by atoms with Crippen LogP contribution in [0.25, 0.3) is 0 Å². The fourth-order valence-corrected chi connectivity index (χ4v) is 3.68. The van der Waals surface area contributed by atoms with E-state index in [0.717, 1.165) is 51.6 Å². The normalized spacial score (nSPS) is 24.1. The van der Waals surface area contributed by atoms with Crippen molar-refractivity contribution >= 4 is 18.3 Å². The van der Waals surface area contributed by atoms with Gasteiger partial charge in [0.1, 0.15) is 0 Å². The van der Waals surface area contributed by atoms with E-state index in [0.29, 0.717) is 6.04 Å². The summed E-state index contributed by atoms with van der Waals surface area (Å²) in [6.07, 6.45) is 6.55. The summed E-state index contributed by atoms with van der Waals surface area (Å²) in [4.78, 5) is 12.9. The van der Waals surface area contributed by atoms with Crippen LogP contribution < -0.4 is 10.6 Å². The fourth-order valence-electron chi connectivity index (χ4n) is 3.68. The highest BCUT2D eigenvalue weighted by Crippen LogP contribution is 2.41. The molecule has 1 saturated carbocycles. The molecule has 2 aliphatic rings. The van der Waals surface area contributed by atoms with Crippen LogP contribution in [0.4, 0.5) is 0 Å². The van der Waals surface area contributed by atoms with Crippen LogP contribution in [0.1, 0.15) is 44.1 Å². The van der Waals surface area contributed by atoms with E-state index in [4.69, 9.17) is 0 Å². The molecule has 21 heavy (non-hydrogen) atoms. The number of amides is 1. The highest BCUT2D eigenvalue weighted by atomic mass is 35.5. The van der Waals surface area contributed by atoms with E-state index in [9.17, 15) is 4.79 Å². The van der Waals surface area contributed by atoms with Crippen molar-refractivity contribution in [2.45, 2.75) is 50.0 Å². The van der Waals surface area contributed by atoms with Gasteiger partial charge in [0.05, 0.1) is 5.41 Å². The lowest BCUT2D eigenvalue weighted by molar-refractivity contribution is -0.127. The third kappa shape index (κ3) is 3.41. The predicted molar refractivity (Wildman–Crippen MR) is 87.9 cm³/mol. The second-order valence-electron chi connectivity index (χ2n) is 6.17. The van der Waals surface area contributed by atoms with Crippen molar-refractivity contribution in [2.75, 3.05) is 13.1 Å². The second-order valence-corrected chi connectivity index (χ2v) is 6.17. The zero-order valence-corrected chi connectivity index (χ0v) is 13.3. The van der Waals surface area contributed by atoms with Crippen LogP contribution in [0.15, 0.2) is 30.3 Å². The zero-order chi connectivity index (χ0) is 13.8. The molecule has 1 aromatic rings. The van der Waals surface area contributed by atoms with Crippen LogP contribution in [0.5, 0.6) is 0 Å².